The first kappa shape index (κ1) is 13.6. The van der Waals surface area contributed by atoms with Crippen LogP contribution in [0, 0.1) is 0 Å². The Morgan fingerprint density at radius 1 is 1.25 bits per heavy atom. The summed E-state index contributed by atoms with van der Waals surface area (Å²) in [5, 5.41) is 13.1. The normalized spacial score (nSPS) is 13.1. The highest BCUT2D eigenvalue weighted by Gasteiger charge is 2.07. The van der Waals surface area contributed by atoms with E-state index in [9.17, 15) is 5.11 Å². The molecule has 0 aliphatic rings. The zero-order chi connectivity index (χ0) is 12.0. The quantitative estimate of drug-likeness (QED) is 0.749. The molecule has 90 valence electrons. The van der Waals surface area contributed by atoms with Gasteiger partial charge >= 0.3 is 0 Å². The third kappa shape index (κ3) is 4.56. The highest BCUT2D eigenvalue weighted by molar-refractivity contribution is 7.99. The lowest BCUT2D eigenvalue weighted by molar-refractivity contribution is 0.171. The molecule has 1 rings (SSSR count). The zero-order valence-corrected chi connectivity index (χ0v) is 11.1. The van der Waals surface area contributed by atoms with Crippen LogP contribution in [0.1, 0.15) is 32.4 Å². The molecule has 1 aromatic carbocycles. The van der Waals surface area contributed by atoms with Crippen LogP contribution in [0.3, 0.4) is 0 Å². The number of rotatable bonds is 6. The van der Waals surface area contributed by atoms with Gasteiger partial charge in [-0.25, -0.2) is 0 Å². The largest absolute Gasteiger partial charge is 0.387 e. The predicted molar refractivity (Wildman–Crippen MR) is 70.9 cm³/mol. The summed E-state index contributed by atoms with van der Waals surface area (Å²) in [6.45, 7) is 6.90. The number of nitrogens with one attached hydrogen (secondary N) is 1. The van der Waals surface area contributed by atoms with Crippen LogP contribution in [0.4, 0.5) is 0 Å². The van der Waals surface area contributed by atoms with Crippen molar-refractivity contribution in [1.29, 1.82) is 0 Å². The first-order valence-corrected chi connectivity index (χ1v) is 6.76. The molecule has 2 N–H and O–H groups in total. The topological polar surface area (TPSA) is 32.3 Å². The van der Waals surface area contributed by atoms with Crippen molar-refractivity contribution < 1.29 is 5.11 Å². The molecule has 1 atom stereocenters. The Morgan fingerprint density at radius 3 is 2.38 bits per heavy atom. The second-order valence-electron chi connectivity index (χ2n) is 4.08. The summed E-state index contributed by atoms with van der Waals surface area (Å²) in [5.41, 5.74) is 0.980. The van der Waals surface area contributed by atoms with Gasteiger partial charge in [0.2, 0.25) is 0 Å². The lowest BCUT2D eigenvalue weighted by Gasteiger charge is -2.14. The van der Waals surface area contributed by atoms with Crippen LogP contribution in [-0.4, -0.2) is 23.4 Å². The van der Waals surface area contributed by atoms with Gasteiger partial charge in [0.05, 0.1) is 6.10 Å². The summed E-state index contributed by atoms with van der Waals surface area (Å²) < 4.78 is 0. The van der Waals surface area contributed by atoms with Gasteiger partial charge in [-0.05, 0) is 23.4 Å². The molecule has 2 nitrogen and oxygen atoms in total. The predicted octanol–water partition coefficient (Wildman–Crippen LogP) is 2.83. The number of hydrogen-bond acceptors (Lipinski definition) is 3. The van der Waals surface area contributed by atoms with Crippen molar-refractivity contribution in [2.45, 2.75) is 37.8 Å². The number of thioether (sulfide) groups is 1. The van der Waals surface area contributed by atoms with E-state index < -0.39 is 6.10 Å². The third-order valence-corrected chi connectivity index (χ3v) is 3.19. The summed E-state index contributed by atoms with van der Waals surface area (Å²) >= 11 is 1.82. The second-order valence-corrected chi connectivity index (χ2v) is 5.42. The molecule has 0 amide bonds. The molecule has 0 fully saturated rings. The van der Waals surface area contributed by atoms with Crippen molar-refractivity contribution in [2.75, 3.05) is 12.3 Å². The van der Waals surface area contributed by atoms with Gasteiger partial charge in [-0.3, -0.25) is 0 Å². The SMILES string of the molecule is CCSc1ccc(C(O)CNC(C)C)cc1. The maximum atomic E-state index is 9.92. The first-order chi connectivity index (χ1) is 7.63. The molecule has 16 heavy (non-hydrogen) atoms. The van der Waals surface area contributed by atoms with Crippen LogP contribution in [0.2, 0.25) is 0 Å². The molecule has 0 aromatic heterocycles. The van der Waals surface area contributed by atoms with Gasteiger partial charge in [-0.1, -0.05) is 32.9 Å². The van der Waals surface area contributed by atoms with Crippen molar-refractivity contribution in [2.24, 2.45) is 0 Å². The van der Waals surface area contributed by atoms with Crippen LogP contribution in [0.5, 0.6) is 0 Å². The molecule has 0 saturated carbocycles. The van der Waals surface area contributed by atoms with Gasteiger partial charge in [0.15, 0.2) is 0 Å². The van der Waals surface area contributed by atoms with Gasteiger partial charge < -0.3 is 10.4 Å². The van der Waals surface area contributed by atoms with Gasteiger partial charge in [-0.2, -0.15) is 0 Å². The maximum Gasteiger partial charge on any atom is 0.0914 e. The lowest BCUT2D eigenvalue weighted by Crippen LogP contribution is -2.27. The molecular weight excluding hydrogens is 218 g/mol. The number of aliphatic hydroxyl groups excluding tert-OH is 1. The van der Waals surface area contributed by atoms with Crippen LogP contribution < -0.4 is 5.32 Å². The molecule has 0 heterocycles. The fourth-order valence-electron chi connectivity index (χ4n) is 1.42. The molecular formula is C13H21NOS. The number of benzene rings is 1. The highest BCUT2D eigenvalue weighted by Crippen LogP contribution is 2.20. The first-order valence-electron chi connectivity index (χ1n) is 5.77. The number of aliphatic hydroxyl groups is 1. The monoisotopic (exact) mass is 239 g/mol. The highest BCUT2D eigenvalue weighted by atomic mass is 32.2. The van der Waals surface area contributed by atoms with Crippen molar-refractivity contribution in [3.8, 4) is 0 Å². The summed E-state index contributed by atoms with van der Waals surface area (Å²) in [7, 11) is 0. The Labute approximate surface area is 102 Å². The van der Waals surface area contributed by atoms with E-state index in [1.807, 2.05) is 23.9 Å². The smallest absolute Gasteiger partial charge is 0.0914 e. The molecule has 0 spiro atoms. The van der Waals surface area contributed by atoms with E-state index in [1.165, 1.54) is 4.90 Å². The van der Waals surface area contributed by atoms with Gasteiger partial charge in [0.1, 0.15) is 0 Å². The lowest BCUT2D eigenvalue weighted by atomic mass is 10.1. The minimum absolute atomic E-state index is 0.407. The standard InChI is InChI=1S/C13H21NOS/c1-4-16-12-7-5-11(6-8-12)13(15)9-14-10(2)3/h5-8,10,13-15H,4,9H2,1-3H3. The molecule has 3 heteroatoms. The van der Waals surface area contributed by atoms with Crippen molar-refractivity contribution in [3.05, 3.63) is 29.8 Å². The van der Waals surface area contributed by atoms with E-state index in [0.29, 0.717) is 12.6 Å². The minimum Gasteiger partial charge on any atom is -0.387 e. The van der Waals surface area contributed by atoms with Gasteiger partial charge in [-0.15, -0.1) is 11.8 Å². The van der Waals surface area contributed by atoms with Crippen molar-refractivity contribution in [3.63, 3.8) is 0 Å². The summed E-state index contributed by atoms with van der Waals surface area (Å²) in [5.74, 6) is 1.08. The molecule has 0 bridgehead atoms. The second kappa shape index (κ2) is 6.94. The maximum absolute atomic E-state index is 9.92. The Morgan fingerprint density at radius 2 is 1.88 bits per heavy atom. The molecule has 0 aliphatic heterocycles. The van der Waals surface area contributed by atoms with E-state index in [4.69, 9.17) is 0 Å². The Balaban J connectivity index is 2.52. The summed E-state index contributed by atoms with van der Waals surface area (Å²) in [6, 6.07) is 8.56. The summed E-state index contributed by atoms with van der Waals surface area (Å²) in [6.07, 6.45) is -0.414. The van der Waals surface area contributed by atoms with Gasteiger partial charge in [0.25, 0.3) is 0 Å². The van der Waals surface area contributed by atoms with Gasteiger partial charge in [0, 0.05) is 17.5 Å². The molecule has 1 unspecified atom stereocenters. The van der Waals surface area contributed by atoms with E-state index in [-0.39, 0.29) is 0 Å². The average molecular weight is 239 g/mol. The Bertz CT molecular complexity index is 297. The molecule has 0 saturated heterocycles. The van der Waals surface area contributed by atoms with E-state index in [2.05, 4.69) is 38.2 Å². The fraction of sp³-hybridized carbons (Fsp3) is 0.538. The van der Waals surface area contributed by atoms with E-state index in [0.717, 1.165) is 11.3 Å². The molecule has 1 aromatic rings. The van der Waals surface area contributed by atoms with E-state index >= 15 is 0 Å². The minimum atomic E-state index is -0.414. The molecule has 0 radical (unpaired) electrons. The zero-order valence-electron chi connectivity index (χ0n) is 10.2. The average Bonchev–Trinajstić information content (AvgIpc) is 2.27. The van der Waals surface area contributed by atoms with Crippen LogP contribution in [-0.2, 0) is 0 Å². The van der Waals surface area contributed by atoms with Crippen LogP contribution in [0.15, 0.2) is 29.2 Å². The number of hydrogen-bond donors (Lipinski definition) is 2. The van der Waals surface area contributed by atoms with Crippen LogP contribution >= 0.6 is 11.8 Å². The summed E-state index contributed by atoms with van der Waals surface area (Å²) in [4.78, 5) is 1.26. The Kier molecular flexibility index (Phi) is 5.88. The van der Waals surface area contributed by atoms with Crippen molar-refractivity contribution >= 4 is 11.8 Å². The molecule has 0 aliphatic carbocycles. The van der Waals surface area contributed by atoms with E-state index in [1.54, 1.807) is 0 Å². The van der Waals surface area contributed by atoms with Crippen LogP contribution in [0.25, 0.3) is 0 Å². The third-order valence-electron chi connectivity index (χ3n) is 2.30. The van der Waals surface area contributed by atoms with Crippen molar-refractivity contribution in [1.82, 2.24) is 5.32 Å². The Hall–Kier alpha value is -0.510. The fourth-order valence-corrected chi connectivity index (χ4v) is 2.08.